The van der Waals surface area contributed by atoms with E-state index in [9.17, 15) is 14.5 Å². The van der Waals surface area contributed by atoms with Crippen molar-refractivity contribution in [3.8, 4) is 0 Å². The summed E-state index contributed by atoms with van der Waals surface area (Å²) in [5.41, 5.74) is 2.67. The number of halogens is 1. The molecule has 5 heteroatoms. The van der Waals surface area contributed by atoms with Crippen LogP contribution in [0.3, 0.4) is 0 Å². The molecule has 0 amide bonds. The average molecular weight is 286 g/mol. The second kappa shape index (κ2) is 4.55. The van der Waals surface area contributed by atoms with E-state index in [4.69, 9.17) is 0 Å². The predicted octanol–water partition coefficient (Wildman–Crippen LogP) is 4.73. The molecule has 0 aliphatic rings. The van der Waals surface area contributed by atoms with Gasteiger partial charge in [-0.1, -0.05) is 0 Å². The fourth-order valence-corrected chi connectivity index (χ4v) is 2.98. The molecule has 1 aromatic heterocycles. The van der Waals surface area contributed by atoms with E-state index in [-0.39, 0.29) is 17.5 Å². The maximum absolute atomic E-state index is 13.8. The van der Waals surface area contributed by atoms with Crippen LogP contribution < -0.4 is 0 Å². The van der Waals surface area contributed by atoms with Gasteiger partial charge in [-0.05, 0) is 44.5 Å². The van der Waals surface area contributed by atoms with Crippen molar-refractivity contribution in [3.05, 3.63) is 51.8 Å². The molecule has 2 aromatic carbocycles. The summed E-state index contributed by atoms with van der Waals surface area (Å²) in [5, 5.41) is 12.4. The number of benzene rings is 2. The first-order valence-corrected chi connectivity index (χ1v) is 6.78. The van der Waals surface area contributed by atoms with E-state index >= 15 is 0 Å². The lowest BCUT2D eigenvalue weighted by Crippen LogP contribution is -2.01. The van der Waals surface area contributed by atoms with Crippen molar-refractivity contribution in [2.24, 2.45) is 0 Å². The zero-order chi connectivity index (χ0) is 15.3. The van der Waals surface area contributed by atoms with Crippen molar-refractivity contribution in [2.75, 3.05) is 0 Å². The maximum Gasteiger partial charge on any atom is 0.270 e. The van der Waals surface area contributed by atoms with E-state index in [1.54, 1.807) is 6.07 Å². The number of aromatic nitrogens is 1. The highest BCUT2D eigenvalue weighted by atomic mass is 19.1. The van der Waals surface area contributed by atoms with E-state index in [0.29, 0.717) is 0 Å². The van der Waals surface area contributed by atoms with Crippen LogP contribution in [0.5, 0.6) is 0 Å². The largest absolute Gasteiger partial charge is 0.338 e. The third kappa shape index (κ3) is 1.96. The molecule has 3 aromatic rings. The highest BCUT2D eigenvalue weighted by molar-refractivity contribution is 6.09. The number of hydrogen-bond acceptors (Lipinski definition) is 2. The quantitative estimate of drug-likeness (QED) is 0.505. The van der Waals surface area contributed by atoms with Gasteiger partial charge < -0.3 is 4.57 Å². The number of hydrogen-bond donors (Lipinski definition) is 0. The molecule has 0 saturated carbocycles. The number of nitro groups is 1. The minimum absolute atomic E-state index is 0.0206. The molecule has 1 heterocycles. The summed E-state index contributed by atoms with van der Waals surface area (Å²) >= 11 is 0. The first kappa shape index (κ1) is 13.5. The Balaban J connectivity index is 2.55. The van der Waals surface area contributed by atoms with E-state index < -0.39 is 4.92 Å². The lowest BCUT2D eigenvalue weighted by molar-refractivity contribution is -0.384. The number of rotatable bonds is 2. The number of nitro benzene ring substituents is 1. The number of aryl methyl sites for hydroxylation is 1. The van der Waals surface area contributed by atoms with Crippen LogP contribution in [-0.2, 0) is 0 Å². The molecule has 0 spiro atoms. The third-order valence-electron chi connectivity index (χ3n) is 3.76. The molecule has 0 fully saturated rings. The molecule has 21 heavy (non-hydrogen) atoms. The Morgan fingerprint density at radius 2 is 1.90 bits per heavy atom. The van der Waals surface area contributed by atoms with Crippen molar-refractivity contribution in [1.29, 1.82) is 0 Å². The highest BCUT2D eigenvalue weighted by Crippen LogP contribution is 2.36. The summed E-state index contributed by atoms with van der Waals surface area (Å²) in [7, 11) is 0. The fourth-order valence-electron chi connectivity index (χ4n) is 2.98. The Hall–Kier alpha value is -2.43. The average Bonchev–Trinajstić information content (AvgIpc) is 2.72. The van der Waals surface area contributed by atoms with Crippen molar-refractivity contribution in [1.82, 2.24) is 4.57 Å². The Bertz CT molecular complexity index is 881. The van der Waals surface area contributed by atoms with Crippen LogP contribution in [0.25, 0.3) is 21.8 Å². The van der Waals surface area contributed by atoms with Gasteiger partial charge in [0.05, 0.1) is 10.4 Å². The molecule has 108 valence electrons. The van der Waals surface area contributed by atoms with Gasteiger partial charge in [0.1, 0.15) is 5.82 Å². The van der Waals surface area contributed by atoms with Crippen molar-refractivity contribution in [3.63, 3.8) is 0 Å². The summed E-state index contributed by atoms with van der Waals surface area (Å²) in [6.45, 7) is 5.95. The lowest BCUT2D eigenvalue weighted by atomic mass is 10.1. The van der Waals surface area contributed by atoms with Gasteiger partial charge in [-0.3, -0.25) is 10.1 Å². The summed E-state index contributed by atoms with van der Waals surface area (Å²) in [5.74, 6) is -0.325. The SMILES string of the molecule is Cc1cc(F)cc2c3cc([N+](=O)[O-])ccc3n(C(C)C)c12. The molecule has 0 radical (unpaired) electrons. The van der Waals surface area contributed by atoms with Crippen LogP contribution in [0, 0.1) is 22.9 Å². The normalized spacial score (nSPS) is 11.7. The van der Waals surface area contributed by atoms with E-state index in [1.165, 1.54) is 24.3 Å². The topological polar surface area (TPSA) is 48.1 Å². The molecule has 0 N–H and O–H groups in total. The zero-order valence-corrected chi connectivity index (χ0v) is 12.1. The predicted molar refractivity (Wildman–Crippen MR) is 81.2 cm³/mol. The number of nitrogens with zero attached hydrogens (tertiary/aromatic N) is 2. The summed E-state index contributed by atoms with van der Waals surface area (Å²) in [4.78, 5) is 10.6. The van der Waals surface area contributed by atoms with Gasteiger partial charge in [-0.2, -0.15) is 0 Å². The fraction of sp³-hybridized carbons (Fsp3) is 0.250. The highest BCUT2D eigenvalue weighted by Gasteiger charge is 2.18. The van der Waals surface area contributed by atoms with E-state index in [2.05, 4.69) is 4.57 Å². The molecule has 3 rings (SSSR count). The van der Waals surface area contributed by atoms with Gasteiger partial charge in [-0.15, -0.1) is 0 Å². The Morgan fingerprint density at radius 1 is 1.19 bits per heavy atom. The summed E-state index contributed by atoms with van der Waals surface area (Å²) in [6.07, 6.45) is 0. The zero-order valence-electron chi connectivity index (χ0n) is 12.1. The molecule has 0 aliphatic carbocycles. The van der Waals surface area contributed by atoms with Gasteiger partial charge in [0.15, 0.2) is 0 Å². The maximum atomic E-state index is 13.8. The number of non-ortho nitro benzene ring substituents is 1. The van der Waals surface area contributed by atoms with Crippen molar-refractivity contribution >= 4 is 27.5 Å². The first-order chi connectivity index (χ1) is 9.90. The van der Waals surface area contributed by atoms with Crippen molar-refractivity contribution in [2.45, 2.75) is 26.8 Å². The molecular weight excluding hydrogens is 271 g/mol. The molecule has 0 aliphatic heterocycles. The van der Waals surface area contributed by atoms with Gasteiger partial charge in [0.25, 0.3) is 5.69 Å². The van der Waals surface area contributed by atoms with Gasteiger partial charge >= 0.3 is 0 Å². The standard InChI is InChI=1S/C16H15FN2O2/c1-9(2)18-15-5-4-12(19(20)21)8-13(15)14-7-11(17)6-10(3)16(14)18/h4-9H,1-3H3. The van der Waals surface area contributed by atoms with Crippen LogP contribution in [0.2, 0.25) is 0 Å². The minimum atomic E-state index is -0.426. The monoisotopic (exact) mass is 286 g/mol. The van der Waals surface area contributed by atoms with Crippen LogP contribution in [0.15, 0.2) is 30.3 Å². The Labute approximate surface area is 120 Å². The van der Waals surface area contributed by atoms with Gasteiger partial charge in [0.2, 0.25) is 0 Å². The molecule has 0 saturated heterocycles. The van der Waals surface area contributed by atoms with Crippen molar-refractivity contribution < 1.29 is 9.31 Å². The second-order valence-electron chi connectivity index (χ2n) is 5.54. The minimum Gasteiger partial charge on any atom is -0.338 e. The smallest absolute Gasteiger partial charge is 0.270 e. The molecular formula is C16H15FN2O2. The molecule has 4 nitrogen and oxygen atoms in total. The van der Waals surface area contributed by atoms with Crippen LogP contribution >= 0.6 is 0 Å². The Morgan fingerprint density at radius 3 is 2.52 bits per heavy atom. The van der Waals surface area contributed by atoms with Gasteiger partial charge in [-0.25, -0.2) is 4.39 Å². The summed E-state index contributed by atoms with van der Waals surface area (Å²) in [6, 6.07) is 7.88. The summed E-state index contributed by atoms with van der Waals surface area (Å²) < 4.78 is 15.9. The molecule has 0 atom stereocenters. The first-order valence-electron chi connectivity index (χ1n) is 6.78. The van der Waals surface area contributed by atoms with Crippen LogP contribution in [0.4, 0.5) is 10.1 Å². The lowest BCUT2D eigenvalue weighted by Gasteiger charge is -2.13. The number of fused-ring (bicyclic) bond motifs is 3. The van der Waals surface area contributed by atoms with E-state index in [1.807, 2.05) is 20.8 Å². The third-order valence-corrected chi connectivity index (χ3v) is 3.76. The van der Waals surface area contributed by atoms with Crippen LogP contribution in [-0.4, -0.2) is 9.49 Å². The van der Waals surface area contributed by atoms with Gasteiger partial charge in [0, 0.05) is 34.5 Å². The Kier molecular flexibility index (Phi) is 2.93. The second-order valence-corrected chi connectivity index (χ2v) is 5.54. The van der Waals surface area contributed by atoms with Crippen LogP contribution in [0.1, 0.15) is 25.5 Å². The van der Waals surface area contributed by atoms with E-state index in [0.717, 1.165) is 27.4 Å². The molecule has 0 bridgehead atoms. The molecule has 0 unspecified atom stereocenters.